The Bertz CT molecular complexity index is 684. The van der Waals surface area contributed by atoms with Gasteiger partial charge in [-0.1, -0.05) is 12.1 Å². The van der Waals surface area contributed by atoms with Crippen molar-refractivity contribution >= 4 is 5.52 Å². The molecule has 0 aromatic carbocycles. The smallest absolute Gasteiger partial charge is 0.0896 e. The molecule has 0 amide bonds. The first-order valence-corrected chi connectivity index (χ1v) is 6.22. The third-order valence-electron chi connectivity index (χ3n) is 3.09. The predicted octanol–water partition coefficient (Wildman–Crippen LogP) is 0.779. The molecule has 2 N–H and O–H groups in total. The quantitative estimate of drug-likeness (QED) is 0.746. The molecule has 3 rings (SSSR count). The maximum atomic E-state index is 6.32. The lowest BCUT2D eigenvalue weighted by molar-refractivity contribution is 0.544. The molecule has 3 aromatic rings. The van der Waals surface area contributed by atoms with Gasteiger partial charge in [-0.25, -0.2) is 9.20 Å². The van der Waals surface area contributed by atoms with Crippen LogP contribution >= 0.6 is 0 Å². The standard InChI is InChI=1S/C12H15N7/c1-2-4-19-11(8-15-17-19)12(13)9-6-16-18-5-3-14-7-10(9)18/h3,5-8,12H,2,4,13H2,1H3. The van der Waals surface area contributed by atoms with Crippen molar-refractivity contribution in [3.63, 3.8) is 0 Å². The summed E-state index contributed by atoms with van der Waals surface area (Å²) in [4.78, 5) is 4.11. The number of rotatable bonds is 4. The van der Waals surface area contributed by atoms with E-state index in [4.69, 9.17) is 5.73 Å². The summed E-state index contributed by atoms with van der Waals surface area (Å²) in [5.74, 6) is 0. The van der Waals surface area contributed by atoms with E-state index in [1.165, 1.54) is 0 Å². The molecule has 3 heterocycles. The highest BCUT2D eigenvalue weighted by Crippen LogP contribution is 2.22. The van der Waals surface area contributed by atoms with Crippen LogP contribution in [0.4, 0.5) is 0 Å². The average molecular weight is 257 g/mol. The van der Waals surface area contributed by atoms with Crippen molar-refractivity contribution in [1.29, 1.82) is 0 Å². The molecule has 98 valence electrons. The molecule has 0 aliphatic carbocycles. The van der Waals surface area contributed by atoms with Gasteiger partial charge in [0.05, 0.1) is 35.8 Å². The molecule has 7 heteroatoms. The molecule has 0 radical (unpaired) electrons. The first-order chi connectivity index (χ1) is 9.31. The Morgan fingerprint density at radius 2 is 2.21 bits per heavy atom. The number of aryl methyl sites for hydroxylation is 1. The minimum Gasteiger partial charge on any atom is -0.319 e. The van der Waals surface area contributed by atoms with Crippen LogP contribution < -0.4 is 5.73 Å². The molecule has 0 bridgehead atoms. The van der Waals surface area contributed by atoms with E-state index >= 15 is 0 Å². The van der Waals surface area contributed by atoms with Gasteiger partial charge in [0.2, 0.25) is 0 Å². The summed E-state index contributed by atoms with van der Waals surface area (Å²) in [5, 5.41) is 12.3. The zero-order chi connectivity index (χ0) is 13.2. The van der Waals surface area contributed by atoms with Gasteiger partial charge in [-0.2, -0.15) is 5.10 Å². The van der Waals surface area contributed by atoms with E-state index in [-0.39, 0.29) is 6.04 Å². The molecule has 3 aromatic heterocycles. The first-order valence-electron chi connectivity index (χ1n) is 6.22. The molecule has 0 fully saturated rings. The van der Waals surface area contributed by atoms with Crippen LogP contribution in [0.25, 0.3) is 5.52 Å². The van der Waals surface area contributed by atoms with Gasteiger partial charge in [-0.15, -0.1) is 5.10 Å². The van der Waals surface area contributed by atoms with Crippen LogP contribution in [0.15, 0.2) is 31.0 Å². The van der Waals surface area contributed by atoms with Crippen molar-refractivity contribution in [2.24, 2.45) is 5.73 Å². The molecule has 0 spiro atoms. The lowest BCUT2D eigenvalue weighted by atomic mass is 10.1. The molecule has 0 saturated heterocycles. The summed E-state index contributed by atoms with van der Waals surface area (Å²) in [6.07, 6.45) is 9.71. The van der Waals surface area contributed by atoms with Gasteiger partial charge in [-0.3, -0.25) is 4.98 Å². The van der Waals surface area contributed by atoms with Gasteiger partial charge in [0.15, 0.2) is 0 Å². The third kappa shape index (κ3) is 1.97. The summed E-state index contributed by atoms with van der Waals surface area (Å²) in [7, 11) is 0. The van der Waals surface area contributed by atoms with Crippen LogP contribution in [0.2, 0.25) is 0 Å². The molecular formula is C12H15N7. The number of nitrogens with two attached hydrogens (primary N) is 1. The monoisotopic (exact) mass is 257 g/mol. The van der Waals surface area contributed by atoms with E-state index in [0.717, 1.165) is 29.7 Å². The highest BCUT2D eigenvalue weighted by Gasteiger charge is 2.18. The molecule has 19 heavy (non-hydrogen) atoms. The van der Waals surface area contributed by atoms with Crippen molar-refractivity contribution in [1.82, 2.24) is 29.6 Å². The van der Waals surface area contributed by atoms with E-state index in [1.54, 1.807) is 35.5 Å². The lowest BCUT2D eigenvalue weighted by Crippen LogP contribution is -2.17. The van der Waals surface area contributed by atoms with E-state index in [2.05, 4.69) is 27.3 Å². The number of nitrogens with zero attached hydrogens (tertiary/aromatic N) is 6. The number of hydrogen-bond acceptors (Lipinski definition) is 5. The van der Waals surface area contributed by atoms with Crippen molar-refractivity contribution < 1.29 is 0 Å². The Balaban J connectivity index is 2.03. The van der Waals surface area contributed by atoms with E-state index in [1.807, 2.05) is 4.68 Å². The highest BCUT2D eigenvalue weighted by molar-refractivity contribution is 5.54. The van der Waals surface area contributed by atoms with Crippen molar-refractivity contribution in [3.8, 4) is 0 Å². The van der Waals surface area contributed by atoms with Crippen molar-refractivity contribution in [2.75, 3.05) is 0 Å². The number of hydrogen-bond donors (Lipinski definition) is 1. The van der Waals surface area contributed by atoms with Crippen LogP contribution in [0.5, 0.6) is 0 Å². The Hall–Kier alpha value is -2.28. The minimum absolute atomic E-state index is 0.303. The van der Waals surface area contributed by atoms with E-state index in [0.29, 0.717) is 0 Å². The first kappa shape index (κ1) is 11.8. The second-order valence-electron chi connectivity index (χ2n) is 4.37. The van der Waals surface area contributed by atoms with Crippen LogP contribution in [-0.2, 0) is 6.54 Å². The summed E-state index contributed by atoms with van der Waals surface area (Å²) in [6, 6.07) is -0.303. The molecule has 0 aliphatic heterocycles. The van der Waals surface area contributed by atoms with E-state index < -0.39 is 0 Å². The summed E-state index contributed by atoms with van der Waals surface area (Å²) < 4.78 is 3.60. The minimum atomic E-state index is -0.303. The fourth-order valence-corrected chi connectivity index (χ4v) is 2.14. The third-order valence-corrected chi connectivity index (χ3v) is 3.09. The zero-order valence-corrected chi connectivity index (χ0v) is 10.6. The van der Waals surface area contributed by atoms with Gasteiger partial charge in [0, 0.05) is 24.5 Å². The largest absolute Gasteiger partial charge is 0.319 e. The fraction of sp³-hybridized carbons (Fsp3) is 0.333. The molecule has 1 unspecified atom stereocenters. The van der Waals surface area contributed by atoms with Gasteiger partial charge in [0.25, 0.3) is 0 Å². The van der Waals surface area contributed by atoms with E-state index in [9.17, 15) is 0 Å². The normalized spacial score (nSPS) is 12.9. The topological polar surface area (TPSA) is 86.9 Å². The highest BCUT2D eigenvalue weighted by atomic mass is 15.4. The van der Waals surface area contributed by atoms with Crippen LogP contribution in [0, 0.1) is 0 Å². The SMILES string of the molecule is CCCn1nncc1C(N)c1cnn2ccncc12. The Morgan fingerprint density at radius 1 is 1.32 bits per heavy atom. The molecule has 0 saturated carbocycles. The molecule has 1 atom stereocenters. The molecule has 0 aliphatic rings. The molecule has 7 nitrogen and oxygen atoms in total. The fourth-order valence-electron chi connectivity index (χ4n) is 2.14. The number of fused-ring (bicyclic) bond motifs is 1. The second kappa shape index (κ2) is 4.77. The molecular weight excluding hydrogens is 242 g/mol. The maximum absolute atomic E-state index is 6.32. The zero-order valence-electron chi connectivity index (χ0n) is 10.6. The van der Waals surface area contributed by atoms with Crippen LogP contribution in [0.3, 0.4) is 0 Å². The van der Waals surface area contributed by atoms with Gasteiger partial charge < -0.3 is 5.73 Å². The van der Waals surface area contributed by atoms with Gasteiger partial charge in [-0.05, 0) is 6.42 Å². The van der Waals surface area contributed by atoms with Crippen molar-refractivity contribution in [2.45, 2.75) is 25.9 Å². The van der Waals surface area contributed by atoms with Gasteiger partial charge >= 0.3 is 0 Å². The van der Waals surface area contributed by atoms with Crippen LogP contribution in [0.1, 0.15) is 30.6 Å². The van der Waals surface area contributed by atoms with Gasteiger partial charge in [0.1, 0.15) is 0 Å². The predicted molar refractivity (Wildman–Crippen MR) is 69.3 cm³/mol. The Morgan fingerprint density at radius 3 is 3.05 bits per heavy atom. The Kier molecular flexibility index (Phi) is 2.96. The van der Waals surface area contributed by atoms with Crippen LogP contribution in [-0.4, -0.2) is 29.6 Å². The second-order valence-corrected chi connectivity index (χ2v) is 4.37. The van der Waals surface area contributed by atoms with Crippen molar-refractivity contribution in [3.05, 3.63) is 42.2 Å². The average Bonchev–Trinajstić information content (AvgIpc) is 3.04. The number of aromatic nitrogens is 6. The summed E-state index contributed by atoms with van der Waals surface area (Å²) in [5.41, 5.74) is 9.04. The summed E-state index contributed by atoms with van der Waals surface area (Å²) >= 11 is 0. The Labute approximate surface area is 110 Å². The lowest BCUT2D eigenvalue weighted by Gasteiger charge is -2.11. The maximum Gasteiger partial charge on any atom is 0.0896 e. The summed E-state index contributed by atoms with van der Waals surface area (Å²) in [6.45, 7) is 2.90.